The normalized spacial score (nSPS) is 16.9. The number of benzene rings is 1. The monoisotopic (exact) mass is 498 g/mol. The number of hydrogen-bond donors (Lipinski definition) is 0. The van der Waals surface area contributed by atoms with Crippen molar-refractivity contribution in [3.05, 3.63) is 63.5 Å². The van der Waals surface area contributed by atoms with Crippen molar-refractivity contribution in [3.8, 4) is 16.9 Å². The van der Waals surface area contributed by atoms with Crippen LogP contribution in [0.25, 0.3) is 21.5 Å². The van der Waals surface area contributed by atoms with E-state index in [0.29, 0.717) is 12.0 Å². The molecule has 1 aliphatic heterocycles. The minimum absolute atomic E-state index is 0.303. The van der Waals surface area contributed by atoms with Gasteiger partial charge in [0.15, 0.2) is 0 Å². The molecule has 0 spiro atoms. The lowest BCUT2D eigenvalue weighted by atomic mass is 9.75. The van der Waals surface area contributed by atoms with Gasteiger partial charge in [0.05, 0.1) is 11.6 Å². The fourth-order valence-electron chi connectivity index (χ4n) is 5.67. The zero-order valence-electron chi connectivity index (χ0n) is 21.9. The van der Waals surface area contributed by atoms with Crippen molar-refractivity contribution >= 4 is 27.4 Å². The van der Waals surface area contributed by atoms with Crippen LogP contribution in [-0.4, -0.2) is 28.1 Å². The molecule has 0 fully saturated rings. The molecule has 0 saturated carbocycles. The third-order valence-corrected chi connectivity index (χ3v) is 8.94. The van der Waals surface area contributed by atoms with Gasteiger partial charge in [-0.2, -0.15) is 0 Å². The summed E-state index contributed by atoms with van der Waals surface area (Å²) in [6.45, 7) is 13.7. The second kappa shape index (κ2) is 8.84. The van der Waals surface area contributed by atoms with Crippen LogP contribution >= 0.6 is 11.3 Å². The SMILES string of the molecule is CCc1nc2cc(-c3ccc4c(c3)CN(c3c(C)c(C)nc5c3CC(C)(C)CC5)CCO4)cnc2s1. The van der Waals surface area contributed by atoms with E-state index in [1.807, 2.05) is 6.20 Å². The third-order valence-electron chi connectivity index (χ3n) is 7.81. The maximum atomic E-state index is 6.25. The van der Waals surface area contributed by atoms with Crippen LogP contribution < -0.4 is 9.64 Å². The fourth-order valence-corrected chi connectivity index (χ4v) is 6.50. The molecule has 1 aliphatic carbocycles. The minimum atomic E-state index is 0.303. The van der Waals surface area contributed by atoms with Gasteiger partial charge in [-0.1, -0.05) is 38.2 Å². The molecular weight excluding hydrogens is 464 g/mol. The summed E-state index contributed by atoms with van der Waals surface area (Å²) in [6.07, 6.45) is 6.26. The maximum Gasteiger partial charge on any atom is 0.143 e. The summed E-state index contributed by atoms with van der Waals surface area (Å²) in [5.74, 6) is 0.981. The van der Waals surface area contributed by atoms with E-state index in [1.165, 1.54) is 34.5 Å². The number of thiazole rings is 1. The molecule has 0 radical (unpaired) electrons. The first-order valence-electron chi connectivity index (χ1n) is 13.1. The topological polar surface area (TPSA) is 51.1 Å². The predicted octanol–water partition coefficient (Wildman–Crippen LogP) is 6.85. The van der Waals surface area contributed by atoms with Crippen LogP contribution in [0.2, 0.25) is 0 Å². The molecule has 6 rings (SSSR count). The largest absolute Gasteiger partial charge is 0.491 e. The van der Waals surface area contributed by atoms with Crippen LogP contribution in [-0.2, 0) is 25.8 Å². The number of anilines is 1. The predicted molar refractivity (Wildman–Crippen MR) is 148 cm³/mol. The third kappa shape index (κ3) is 4.15. The molecule has 0 N–H and O–H groups in total. The lowest BCUT2D eigenvalue weighted by molar-refractivity contribution is 0.311. The Labute approximate surface area is 217 Å². The van der Waals surface area contributed by atoms with Crippen LogP contribution in [0.3, 0.4) is 0 Å². The highest BCUT2D eigenvalue weighted by molar-refractivity contribution is 7.18. The fraction of sp³-hybridized carbons (Fsp3) is 0.433. The van der Waals surface area contributed by atoms with Gasteiger partial charge in [-0.3, -0.25) is 4.98 Å². The Morgan fingerprint density at radius 3 is 2.81 bits per heavy atom. The second-order valence-corrected chi connectivity index (χ2v) is 12.1. The summed E-state index contributed by atoms with van der Waals surface area (Å²) in [6, 6.07) is 8.73. The number of aryl methyl sites for hydroxylation is 3. The van der Waals surface area contributed by atoms with Crippen LogP contribution in [0.5, 0.6) is 5.75 Å². The zero-order valence-corrected chi connectivity index (χ0v) is 22.8. The van der Waals surface area contributed by atoms with E-state index in [0.717, 1.165) is 70.3 Å². The highest BCUT2D eigenvalue weighted by Crippen LogP contribution is 2.42. The molecule has 0 atom stereocenters. The number of nitrogens with zero attached hydrogens (tertiary/aromatic N) is 4. The molecule has 0 unspecified atom stereocenters. The first-order valence-corrected chi connectivity index (χ1v) is 13.9. The van der Waals surface area contributed by atoms with Crippen LogP contribution in [0.1, 0.15) is 60.3 Å². The van der Waals surface area contributed by atoms with Gasteiger partial charge in [0, 0.05) is 40.9 Å². The Morgan fingerprint density at radius 1 is 1.11 bits per heavy atom. The summed E-state index contributed by atoms with van der Waals surface area (Å²) in [5, 5.41) is 1.13. The van der Waals surface area contributed by atoms with Gasteiger partial charge in [-0.05, 0) is 79.8 Å². The highest BCUT2D eigenvalue weighted by atomic mass is 32.1. The van der Waals surface area contributed by atoms with Crippen molar-refractivity contribution in [2.24, 2.45) is 5.41 Å². The lowest BCUT2D eigenvalue weighted by Gasteiger charge is -2.36. The standard InChI is InChI=1S/C30H34N4OS/c1-6-27-33-25-14-21(16-31-29(25)36-27)20-7-8-26-22(13-20)17-34(11-12-35-26)28-18(2)19(3)32-24-9-10-30(4,5)15-23(24)28/h7-8,13-14,16H,6,9-12,15,17H2,1-5H3. The summed E-state index contributed by atoms with van der Waals surface area (Å²) < 4.78 is 6.25. The zero-order chi connectivity index (χ0) is 25.0. The first kappa shape index (κ1) is 23.4. The van der Waals surface area contributed by atoms with Crippen molar-refractivity contribution in [1.29, 1.82) is 0 Å². The van der Waals surface area contributed by atoms with Gasteiger partial charge in [0.2, 0.25) is 0 Å². The van der Waals surface area contributed by atoms with Gasteiger partial charge in [0.1, 0.15) is 22.7 Å². The van der Waals surface area contributed by atoms with E-state index in [9.17, 15) is 0 Å². The van der Waals surface area contributed by atoms with Crippen molar-refractivity contribution in [2.45, 2.75) is 66.8 Å². The smallest absolute Gasteiger partial charge is 0.143 e. The van der Waals surface area contributed by atoms with Gasteiger partial charge in [-0.25, -0.2) is 9.97 Å². The molecule has 4 heterocycles. The average molecular weight is 499 g/mol. The summed E-state index contributed by atoms with van der Waals surface area (Å²) in [5.41, 5.74) is 11.3. The highest BCUT2D eigenvalue weighted by Gasteiger charge is 2.31. The maximum absolute atomic E-state index is 6.25. The molecule has 0 bridgehead atoms. The van der Waals surface area contributed by atoms with Gasteiger partial charge >= 0.3 is 0 Å². The van der Waals surface area contributed by atoms with Gasteiger partial charge in [0.25, 0.3) is 0 Å². The minimum Gasteiger partial charge on any atom is -0.491 e. The first-order chi connectivity index (χ1) is 17.3. The van der Waals surface area contributed by atoms with Crippen LogP contribution in [0.15, 0.2) is 30.5 Å². The van der Waals surface area contributed by atoms with E-state index >= 15 is 0 Å². The van der Waals surface area contributed by atoms with E-state index in [4.69, 9.17) is 19.7 Å². The Bertz CT molecular complexity index is 1470. The Hall–Kier alpha value is -2.99. The van der Waals surface area contributed by atoms with Gasteiger partial charge < -0.3 is 9.64 Å². The quantitative estimate of drug-likeness (QED) is 0.309. The molecule has 2 aliphatic rings. The van der Waals surface area contributed by atoms with Crippen molar-refractivity contribution in [2.75, 3.05) is 18.1 Å². The van der Waals surface area contributed by atoms with Crippen molar-refractivity contribution < 1.29 is 4.74 Å². The van der Waals surface area contributed by atoms with Crippen LogP contribution in [0.4, 0.5) is 5.69 Å². The Morgan fingerprint density at radius 2 is 1.97 bits per heavy atom. The summed E-state index contributed by atoms with van der Waals surface area (Å²) in [7, 11) is 0. The molecule has 186 valence electrons. The van der Waals surface area contributed by atoms with Crippen molar-refractivity contribution in [1.82, 2.24) is 15.0 Å². The van der Waals surface area contributed by atoms with E-state index in [2.05, 4.69) is 63.8 Å². The van der Waals surface area contributed by atoms with Crippen LogP contribution in [0, 0.1) is 19.3 Å². The molecule has 0 saturated heterocycles. The molecule has 0 amide bonds. The number of aromatic nitrogens is 3. The molecule has 36 heavy (non-hydrogen) atoms. The average Bonchev–Trinajstić information content (AvgIpc) is 3.16. The molecule has 6 heteroatoms. The molecule has 3 aromatic heterocycles. The van der Waals surface area contributed by atoms with E-state index in [1.54, 1.807) is 11.3 Å². The Balaban J connectivity index is 1.39. The molecular formula is C30H34N4OS. The molecule has 1 aromatic carbocycles. The molecule has 5 nitrogen and oxygen atoms in total. The number of hydrogen-bond acceptors (Lipinski definition) is 6. The molecule has 4 aromatic rings. The second-order valence-electron chi connectivity index (χ2n) is 11.0. The Kier molecular flexibility index (Phi) is 5.75. The van der Waals surface area contributed by atoms with E-state index < -0.39 is 0 Å². The lowest BCUT2D eigenvalue weighted by Crippen LogP contribution is -2.31. The number of rotatable bonds is 3. The summed E-state index contributed by atoms with van der Waals surface area (Å²) >= 11 is 1.68. The van der Waals surface area contributed by atoms with Crippen molar-refractivity contribution in [3.63, 3.8) is 0 Å². The van der Waals surface area contributed by atoms with E-state index in [-0.39, 0.29) is 0 Å². The number of pyridine rings is 2. The van der Waals surface area contributed by atoms with Gasteiger partial charge in [-0.15, -0.1) is 0 Å². The number of fused-ring (bicyclic) bond motifs is 3. The summed E-state index contributed by atoms with van der Waals surface area (Å²) in [4.78, 5) is 18.0. The number of ether oxygens (including phenoxy) is 1.